The molecule has 1 unspecified atom stereocenters. The molecule has 1 nitrogen and oxygen atoms in total. The van der Waals surface area contributed by atoms with Crippen molar-refractivity contribution in [1.29, 1.82) is 0 Å². The summed E-state index contributed by atoms with van der Waals surface area (Å²) in [4.78, 5) is 0. The fourth-order valence-corrected chi connectivity index (χ4v) is 4.05. The lowest BCUT2D eigenvalue weighted by Crippen LogP contribution is -2.26. The van der Waals surface area contributed by atoms with Crippen molar-refractivity contribution >= 4 is 11.8 Å². The first-order valence-corrected chi connectivity index (χ1v) is 9.64. The average molecular weight is 308 g/mol. The standard InChI is InChI=1S/C19H33NS/c1-6-8-9-11-21-14-18(20-10-7-2)19-16(4)12-15(3)13-17(19)5/h12-13,18,20H,6-11,14H2,1-5H3. The molecule has 0 bridgehead atoms. The van der Waals surface area contributed by atoms with E-state index in [0.29, 0.717) is 6.04 Å². The Hall–Kier alpha value is -0.470. The molecule has 2 heteroatoms. The molecular formula is C19H33NS. The minimum atomic E-state index is 0.497. The zero-order valence-corrected chi connectivity index (χ0v) is 15.4. The number of rotatable bonds is 10. The van der Waals surface area contributed by atoms with Crippen LogP contribution in [-0.4, -0.2) is 18.1 Å². The second-order valence-electron chi connectivity index (χ2n) is 6.10. The molecule has 0 heterocycles. The van der Waals surface area contributed by atoms with Crippen molar-refractivity contribution in [3.63, 3.8) is 0 Å². The van der Waals surface area contributed by atoms with Crippen LogP contribution in [0.15, 0.2) is 12.1 Å². The van der Waals surface area contributed by atoms with Gasteiger partial charge in [-0.3, -0.25) is 0 Å². The molecule has 1 N–H and O–H groups in total. The molecule has 0 aromatic heterocycles. The lowest BCUT2D eigenvalue weighted by atomic mass is 9.95. The van der Waals surface area contributed by atoms with Crippen LogP contribution in [0.3, 0.4) is 0 Å². The van der Waals surface area contributed by atoms with Crippen LogP contribution in [0.4, 0.5) is 0 Å². The Morgan fingerprint density at radius 3 is 2.24 bits per heavy atom. The molecule has 0 saturated carbocycles. The van der Waals surface area contributed by atoms with Crippen molar-refractivity contribution in [3.05, 3.63) is 34.4 Å². The summed E-state index contributed by atoms with van der Waals surface area (Å²) in [7, 11) is 0. The summed E-state index contributed by atoms with van der Waals surface area (Å²) in [6.45, 7) is 12.3. The Bertz CT molecular complexity index is 391. The van der Waals surface area contributed by atoms with E-state index in [9.17, 15) is 0 Å². The molecule has 21 heavy (non-hydrogen) atoms. The van der Waals surface area contributed by atoms with Gasteiger partial charge in [-0.2, -0.15) is 11.8 Å². The predicted octanol–water partition coefficient (Wildman–Crippen LogP) is 5.58. The quantitative estimate of drug-likeness (QED) is 0.567. The Labute approximate surface area is 136 Å². The lowest BCUT2D eigenvalue weighted by Gasteiger charge is -2.23. The fourth-order valence-electron chi connectivity index (χ4n) is 2.96. The van der Waals surface area contributed by atoms with Gasteiger partial charge in [-0.1, -0.05) is 44.4 Å². The maximum absolute atomic E-state index is 3.76. The fraction of sp³-hybridized carbons (Fsp3) is 0.684. The molecule has 0 aliphatic carbocycles. The van der Waals surface area contributed by atoms with Crippen molar-refractivity contribution in [2.75, 3.05) is 18.1 Å². The third-order valence-corrected chi connectivity index (χ3v) is 5.05. The third-order valence-electron chi connectivity index (χ3n) is 3.90. The third kappa shape index (κ3) is 6.44. The van der Waals surface area contributed by atoms with E-state index in [0.717, 1.165) is 6.54 Å². The minimum absolute atomic E-state index is 0.497. The van der Waals surface area contributed by atoms with Crippen LogP contribution in [0.1, 0.15) is 67.8 Å². The zero-order chi connectivity index (χ0) is 15.7. The molecule has 0 aliphatic rings. The van der Waals surface area contributed by atoms with Crippen LogP contribution in [0.5, 0.6) is 0 Å². The highest BCUT2D eigenvalue weighted by Gasteiger charge is 2.15. The van der Waals surface area contributed by atoms with Crippen molar-refractivity contribution in [3.8, 4) is 0 Å². The summed E-state index contributed by atoms with van der Waals surface area (Å²) in [6.07, 6.45) is 5.23. The van der Waals surface area contributed by atoms with Gasteiger partial charge in [0, 0.05) is 11.8 Å². The van der Waals surface area contributed by atoms with Crippen molar-refractivity contribution in [2.24, 2.45) is 0 Å². The molecule has 0 amide bonds. The van der Waals surface area contributed by atoms with Gasteiger partial charge in [0.25, 0.3) is 0 Å². The first kappa shape index (κ1) is 18.6. The van der Waals surface area contributed by atoms with Gasteiger partial charge in [0.2, 0.25) is 0 Å². The van der Waals surface area contributed by atoms with E-state index in [1.807, 2.05) is 0 Å². The van der Waals surface area contributed by atoms with E-state index in [1.165, 1.54) is 59.4 Å². The van der Waals surface area contributed by atoms with Gasteiger partial charge >= 0.3 is 0 Å². The molecule has 0 saturated heterocycles. The lowest BCUT2D eigenvalue weighted by molar-refractivity contribution is 0.572. The Morgan fingerprint density at radius 2 is 1.67 bits per heavy atom. The van der Waals surface area contributed by atoms with Crippen molar-refractivity contribution in [2.45, 2.75) is 66.3 Å². The summed E-state index contributed by atoms with van der Waals surface area (Å²) >= 11 is 2.11. The monoisotopic (exact) mass is 307 g/mol. The highest BCUT2D eigenvalue weighted by atomic mass is 32.2. The average Bonchev–Trinajstić information content (AvgIpc) is 2.42. The zero-order valence-electron chi connectivity index (χ0n) is 14.6. The first-order chi connectivity index (χ1) is 10.1. The highest BCUT2D eigenvalue weighted by Crippen LogP contribution is 2.27. The van der Waals surface area contributed by atoms with E-state index in [2.05, 4.69) is 63.8 Å². The van der Waals surface area contributed by atoms with Crippen molar-refractivity contribution < 1.29 is 0 Å². The molecule has 1 aromatic rings. The summed E-state index contributed by atoms with van der Waals surface area (Å²) in [5.74, 6) is 2.48. The van der Waals surface area contributed by atoms with Crippen LogP contribution in [0.2, 0.25) is 0 Å². The van der Waals surface area contributed by atoms with Gasteiger partial charge in [0.1, 0.15) is 0 Å². The summed E-state index contributed by atoms with van der Waals surface area (Å²) in [6, 6.07) is 5.15. The molecule has 0 radical (unpaired) electrons. The van der Waals surface area contributed by atoms with Crippen molar-refractivity contribution in [1.82, 2.24) is 5.32 Å². The molecule has 0 fully saturated rings. The molecule has 1 atom stereocenters. The molecule has 120 valence electrons. The summed E-state index contributed by atoms with van der Waals surface area (Å²) in [5, 5.41) is 3.76. The largest absolute Gasteiger partial charge is 0.309 e. The molecular weight excluding hydrogens is 274 g/mol. The smallest absolute Gasteiger partial charge is 0.0417 e. The number of hydrogen-bond donors (Lipinski definition) is 1. The molecule has 0 spiro atoms. The Balaban J connectivity index is 2.72. The number of benzene rings is 1. The van der Waals surface area contributed by atoms with E-state index >= 15 is 0 Å². The van der Waals surface area contributed by atoms with E-state index in [4.69, 9.17) is 0 Å². The van der Waals surface area contributed by atoms with Crippen LogP contribution < -0.4 is 5.32 Å². The first-order valence-electron chi connectivity index (χ1n) is 8.49. The van der Waals surface area contributed by atoms with Gasteiger partial charge in [0.05, 0.1) is 0 Å². The Kier molecular flexibility index (Phi) is 9.10. The van der Waals surface area contributed by atoms with Crippen LogP contribution in [0, 0.1) is 20.8 Å². The molecule has 1 aromatic carbocycles. The maximum atomic E-state index is 3.76. The second kappa shape index (κ2) is 10.3. The van der Waals surface area contributed by atoms with E-state index in [1.54, 1.807) is 0 Å². The number of nitrogens with one attached hydrogen (secondary N) is 1. The molecule has 0 aliphatic heterocycles. The topological polar surface area (TPSA) is 12.0 Å². The Morgan fingerprint density at radius 1 is 1.00 bits per heavy atom. The summed E-state index contributed by atoms with van der Waals surface area (Å²) < 4.78 is 0. The van der Waals surface area contributed by atoms with Crippen LogP contribution in [-0.2, 0) is 0 Å². The molecule has 1 rings (SSSR count). The number of aryl methyl sites for hydroxylation is 3. The predicted molar refractivity (Wildman–Crippen MR) is 98.5 cm³/mol. The highest BCUT2D eigenvalue weighted by molar-refractivity contribution is 7.99. The minimum Gasteiger partial charge on any atom is -0.309 e. The van der Waals surface area contributed by atoms with Gasteiger partial charge in [0.15, 0.2) is 0 Å². The SMILES string of the molecule is CCCCCSCC(NCCC)c1c(C)cc(C)cc1C. The van der Waals surface area contributed by atoms with Crippen LogP contribution >= 0.6 is 11.8 Å². The number of thioether (sulfide) groups is 1. The normalized spacial score (nSPS) is 12.6. The number of hydrogen-bond acceptors (Lipinski definition) is 2. The van der Waals surface area contributed by atoms with Gasteiger partial charge in [-0.15, -0.1) is 0 Å². The van der Waals surface area contributed by atoms with Gasteiger partial charge in [-0.25, -0.2) is 0 Å². The van der Waals surface area contributed by atoms with Gasteiger partial charge < -0.3 is 5.32 Å². The van der Waals surface area contributed by atoms with Crippen LogP contribution in [0.25, 0.3) is 0 Å². The maximum Gasteiger partial charge on any atom is 0.0417 e. The second-order valence-corrected chi connectivity index (χ2v) is 7.25. The number of unbranched alkanes of at least 4 members (excludes halogenated alkanes) is 2. The summed E-state index contributed by atoms with van der Waals surface area (Å²) in [5.41, 5.74) is 5.78. The van der Waals surface area contributed by atoms with E-state index < -0.39 is 0 Å². The van der Waals surface area contributed by atoms with Gasteiger partial charge in [-0.05, 0) is 62.6 Å². The van der Waals surface area contributed by atoms with E-state index in [-0.39, 0.29) is 0 Å².